The van der Waals surface area contributed by atoms with Gasteiger partial charge in [-0.05, 0) is 19.3 Å². The minimum Gasteiger partial charge on any atom is -0.382 e. The van der Waals surface area contributed by atoms with Gasteiger partial charge < -0.3 is 20.5 Å². The molecule has 1 saturated carbocycles. The molecule has 88 valence electrons. The Morgan fingerprint density at radius 2 is 2.13 bits per heavy atom. The summed E-state index contributed by atoms with van der Waals surface area (Å²) in [4.78, 5) is 11.5. The van der Waals surface area contributed by atoms with Gasteiger partial charge in [0, 0.05) is 13.7 Å². The first-order chi connectivity index (χ1) is 7.19. The van der Waals surface area contributed by atoms with Crippen LogP contribution < -0.4 is 11.1 Å². The van der Waals surface area contributed by atoms with E-state index >= 15 is 0 Å². The van der Waals surface area contributed by atoms with Gasteiger partial charge in [0.25, 0.3) is 0 Å². The van der Waals surface area contributed by atoms with E-state index in [2.05, 4.69) is 5.32 Å². The van der Waals surface area contributed by atoms with E-state index in [1.54, 1.807) is 7.11 Å². The molecule has 5 heteroatoms. The van der Waals surface area contributed by atoms with E-state index in [0.29, 0.717) is 26.4 Å². The van der Waals surface area contributed by atoms with Gasteiger partial charge in [0.1, 0.15) is 0 Å². The first-order valence-corrected chi connectivity index (χ1v) is 5.33. The highest BCUT2D eigenvalue weighted by molar-refractivity contribution is 5.86. The number of carbonyl (C=O) groups is 1. The highest BCUT2D eigenvalue weighted by Crippen LogP contribution is 2.28. The second-order valence-electron chi connectivity index (χ2n) is 3.87. The van der Waals surface area contributed by atoms with Crippen molar-refractivity contribution in [3.05, 3.63) is 0 Å². The number of hydrogen-bond acceptors (Lipinski definition) is 4. The number of carbonyl (C=O) groups excluding carboxylic acids is 1. The number of nitrogens with two attached hydrogens (primary N) is 1. The SMILES string of the molecule is COCCOCCNC(=O)C1(N)CCC1. The van der Waals surface area contributed by atoms with E-state index in [1.807, 2.05) is 0 Å². The van der Waals surface area contributed by atoms with Crippen LogP contribution in [-0.4, -0.2) is 44.9 Å². The molecule has 0 aromatic carbocycles. The lowest BCUT2D eigenvalue weighted by atomic mass is 9.77. The van der Waals surface area contributed by atoms with Crippen LogP contribution in [0.3, 0.4) is 0 Å². The second kappa shape index (κ2) is 6.05. The summed E-state index contributed by atoms with van der Waals surface area (Å²) >= 11 is 0. The van der Waals surface area contributed by atoms with Crippen molar-refractivity contribution in [1.82, 2.24) is 5.32 Å². The van der Waals surface area contributed by atoms with Crippen molar-refractivity contribution in [3.63, 3.8) is 0 Å². The molecule has 0 aromatic heterocycles. The summed E-state index contributed by atoms with van der Waals surface area (Å²) in [6.07, 6.45) is 2.64. The maximum atomic E-state index is 11.5. The minimum atomic E-state index is -0.605. The molecule has 0 radical (unpaired) electrons. The molecule has 0 heterocycles. The highest BCUT2D eigenvalue weighted by atomic mass is 16.5. The lowest BCUT2D eigenvalue weighted by molar-refractivity contribution is -0.129. The molecular formula is C10H20N2O3. The Bertz CT molecular complexity index is 205. The van der Waals surface area contributed by atoms with Gasteiger partial charge in [0.2, 0.25) is 5.91 Å². The summed E-state index contributed by atoms with van der Waals surface area (Å²) in [5, 5.41) is 2.77. The van der Waals surface area contributed by atoms with Gasteiger partial charge in [-0.2, -0.15) is 0 Å². The normalized spacial score (nSPS) is 18.3. The third-order valence-corrected chi connectivity index (χ3v) is 2.66. The van der Waals surface area contributed by atoms with Crippen molar-refractivity contribution in [2.24, 2.45) is 5.73 Å². The van der Waals surface area contributed by atoms with Crippen LogP contribution in [0.15, 0.2) is 0 Å². The summed E-state index contributed by atoms with van der Waals surface area (Å²) in [7, 11) is 1.62. The smallest absolute Gasteiger partial charge is 0.240 e. The Morgan fingerprint density at radius 3 is 2.67 bits per heavy atom. The molecule has 1 aliphatic carbocycles. The molecule has 0 unspecified atom stereocenters. The van der Waals surface area contributed by atoms with Crippen LogP contribution in [0.25, 0.3) is 0 Å². The molecule has 3 N–H and O–H groups in total. The van der Waals surface area contributed by atoms with E-state index in [1.165, 1.54) is 0 Å². The summed E-state index contributed by atoms with van der Waals surface area (Å²) in [5.74, 6) is -0.0518. The van der Waals surface area contributed by atoms with Gasteiger partial charge in [-0.3, -0.25) is 4.79 Å². The topological polar surface area (TPSA) is 73.6 Å². The zero-order chi connectivity index (χ0) is 11.1. The fourth-order valence-electron chi connectivity index (χ4n) is 1.44. The average molecular weight is 216 g/mol. The van der Waals surface area contributed by atoms with E-state index in [4.69, 9.17) is 15.2 Å². The summed E-state index contributed by atoms with van der Waals surface area (Å²) in [5.41, 5.74) is 5.23. The maximum Gasteiger partial charge on any atom is 0.240 e. The van der Waals surface area contributed by atoms with Gasteiger partial charge in [0.05, 0.1) is 25.4 Å². The van der Waals surface area contributed by atoms with Crippen LogP contribution in [-0.2, 0) is 14.3 Å². The molecule has 15 heavy (non-hydrogen) atoms. The molecule has 1 rings (SSSR count). The van der Waals surface area contributed by atoms with E-state index in [-0.39, 0.29) is 5.91 Å². The minimum absolute atomic E-state index is 0.0518. The van der Waals surface area contributed by atoms with Crippen LogP contribution in [0.5, 0.6) is 0 Å². The first kappa shape index (κ1) is 12.4. The molecular weight excluding hydrogens is 196 g/mol. The Kier molecular flexibility index (Phi) is 5.01. The molecule has 0 spiro atoms. The van der Waals surface area contributed by atoms with Crippen LogP contribution in [0.4, 0.5) is 0 Å². The molecule has 1 fully saturated rings. The molecule has 5 nitrogen and oxygen atoms in total. The number of rotatable bonds is 7. The fraction of sp³-hybridized carbons (Fsp3) is 0.900. The van der Waals surface area contributed by atoms with Crippen molar-refractivity contribution in [2.45, 2.75) is 24.8 Å². The van der Waals surface area contributed by atoms with Crippen molar-refractivity contribution in [1.29, 1.82) is 0 Å². The summed E-state index contributed by atoms with van der Waals surface area (Å²) in [6.45, 7) is 2.15. The van der Waals surface area contributed by atoms with Gasteiger partial charge in [-0.25, -0.2) is 0 Å². The Morgan fingerprint density at radius 1 is 1.40 bits per heavy atom. The summed E-state index contributed by atoms with van der Waals surface area (Å²) < 4.78 is 10.0. The highest BCUT2D eigenvalue weighted by Gasteiger charge is 2.39. The summed E-state index contributed by atoms with van der Waals surface area (Å²) in [6, 6.07) is 0. The molecule has 0 aliphatic heterocycles. The van der Waals surface area contributed by atoms with E-state index in [9.17, 15) is 4.79 Å². The standard InChI is InChI=1S/C10H20N2O3/c1-14-7-8-15-6-5-12-9(13)10(11)3-2-4-10/h2-8,11H2,1H3,(H,12,13). The zero-order valence-electron chi connectivity index (χ0n) is 9.25. The van der Waals surface area contributed by atoms with Gasteiger partial charge in [0.15, 0.2) is 0 Å². The predicted octanol–water partition coefficient (Wildman–Crippen LogP) is -0.353. The predicted molar refractivity (Wildman–Crippen MR) is 56.5 cm³/mol. The average Bonchev–Trinajstić information content (AvgIpc) is 2.19. The molecule has 1 amide bonds. The Hall–Kier alpha value is -0.650. The second-order valence-corrected chi connectivity index (χ2v) is 3.87. The van der Waals surface area contributed by atoms with Crippen molar-refractivity contribution in [2.75, 3.05) is 33.5 Å². The number of methoxy groups -OCH3 is 1. The number of hydrogen-bond donors (Lipinski definition) is 2. The molecule has 0 saturated heterocycles. The van der Waals surface area contributed by atoms with Gasteiger partial charge >= 0.3 is 0 Å². The maximum absolute atomic E-state index is 11.5. The van der Waals surface area contributed by atoms with Crippen LogP contribution in [0.1, 0.15) is 19.3 Å². The van der Waals surface area contributed by atoms with Gasteiger partial charge in [-0.15, -0.1) is 0 Å². The number of ether oxygens (including phenoxy) is 2. The first-order valence-electron chi connectivity index (χ1n) is 5.33. The molecule has 0 aromatic rings. The van der Waals surface area contributed by atoms with Crippen molar-refractivity contribution < 1.29 is 14.3 Å². The lowest BCUT2D eigenvalue weighted by Crippen LogP contribution is -2.58. The van der Waals surface area contributed by atoms with Crippen molar-refractivity contribution in [3.8, 4) is 0 Å². The fourth-order valence-corrected chi connectivity index (χ4v) is 1.44. The zero-order valence-corrected chi connectivity index (χ0v) is 9.25. The largest absolute Gasteiger partial charge is 0.382 e. The van der Waals surface area contributed by atoms with E-state index < -0.39 is 5.54 Å². The van der Waals surface area contributed by atoms with E-state index in [0.717, 1.165) is 19.3 Å². The lowest BCUT2D eigenvalue weighted by Gasteiger charge is -2.36. The Balaban J connectivity index is 1.97. The number of nitrogens with one attached hydrogen (secondary N) is 1. The quantitative estimate of drug-likeness (QED) is 0.570. The van der Waals surface area contributed by atoms with Crippen molar-refractivity contribution >= 4 is 5.91 Å². The third kappa shape index (κ3) is 3.77. The van der Waals surface area contributed by atoms with Crippen LogP contribution >= 0.6 is 0 Å². The molecule has 0 bridgehead atoms. The number of amides is 1. The van der Waals surface area contributed by atoms with Gasteiger partial charge in [-0.1, -0.05) is 0 Å². The third-order valence-electron chi connectivity index (χ3n) is 2.66. The van der Waals surface area contributed by atoms with Crippen LogP contribution in [0, 0.1) is 0 Å². The molecule has 1 aliphatic rings. The molecule has 0 atom stereocenters. The Labute approximate surface area is 90.3 Å². The van der Waals surface area contributed by atoms with Crippen LogP contribution in [0.2, 0.25) is 0 Å². The monoisotopic (exact) mass is 216 g/mol.